The van der Waals surface area contributed by atoms with Crippen LogP contribution in [-0.4, -0.2) is 27.3 Å². The highest BCUT2D eigenvalue weighted by molar-refractivity contribution is 6.02. The number of urea groups is 1. The Bertz CT molecular complexity index is 890. The van der Waals surface area contributed by atoms with Gasteiger partial charge in [-0.3, -0.25) is 14.6 Å². The molecule has 0 saturated carbocycles. The molecule has 26 heavy (non-hydrogen) atoms. The van der Waals surface area contributed by atoms with Crippen LogP contribution in [0.5, 0.6) is 0 Å². The van der Waals surface area contributed by atoms with Crippen molar-refractivity contribution in [1.82, 2.24) is 14.8 Å². The second kappa shape index (κ2) is 7.39. The van der Waals surface area contributed by atoms with Crippen molar-refractivity contribution in [1.29, 1.82) is 0 Å². The summed E-state index contributed by atoms with van der Waals surface area (Å²) < 4.78 is 1.79. The third-order valence-corrected chi connectivity index (χ3v) is 4.56. The molecule has 0 spiro atoms. The lowest BCUT2D eigenvalue weighted by Gasteiger charge is -2.22. The first kappa shape index (κ1) is 16.3. The summed E-state index contributed by atoms with van der Waals surface area (Å²) in [7, 11) is 0. The van der Waals surface area contributed by atoms with E-state index in [9.17, 15) is 4.79 Å². The number of anilines is 2. The fourth-order valence-electron chi connectivity index (χ4n) is 3.29. The molecule has 4 rings (SSSR count). The molecule has 0 atom stereocenters. The monoisotopic (exact) mass is 347 g/mol. The highest BCUT2D eigenvalue weighted by Gasteiger charge is 2.21. The molecule has 3 aromatic rings. The van der Waals surface area contributed by atoms with Gasteiger partial charge >= 0.3 is 6.03 Å². The van der Waals surface area contributed by atoms with Gasteiger partial charge in [-0.1, -0.05) is 24.3 Å². The molecule has 2 amide bonds. The largest absolute Gasteiger partial charge is 0.326 e. The first-order valence-electron chi connectivity index (χ1n) is 8.87. The lowest BCUT2D eigenvalue weighted by Crippen LogP contribution is -2.35. The average Bonchev–Trinajstić information content (AvgIpc) is 2.98. The van der Waals surface area contributed by atoms with E-state index in [0.29, 0.717) is 12.2 Å². The maximum absolute atomic E-state index is 12.8. The van der Waals surface area contributed by atoms with E-state index in [-0.39, 0.29) is 6.03 Å². The zero-order chi connectivity index (χ0) is 17.8. The molecule has 0 bridgehead atoms. The quantitative estimate of drug-likeness (QED) is 0.786. The van der Waals surface area contributed by atoms with E-state index in [2.05, 4.69) is 21.5 Å². The number of rotatable bonds is 3. The molecule has 0 fully saturated rings. The number of hydrogen-bond acceptors (Lipinski definition) is 3. The van der Waals surface area contributed by atoms with Gasteiger partial charge in [0.25, 0.3) is 0 Å². The lowest BCUT2D eigenvalue weighted by atomic mass is 10.1. The molecule has 1 N–H and O–H groups in total. The molecule has 1 aliphatic heterocycles. The van der Waals surface area contributed by atoms with Gasteiger partial charge in [0, 0.05) is 30.8 Å². The Kier molecular flexibility index (Phi) is 4.64. The standard InChI is InChI=1S/C20H21N5O/c26-20(25-11-4-3-8-17-7-1-2-9-19(17)25)23-18-13-22-24(15-18)14-16-6-5-10-21-12-16/h1-2,5-7,9-10,12-13,15H,3-4,8,11,14H2,(H,23,26). The SMILES string of the molecule is O=C(Nc1cnn(Cc2cccnc2)c1)N1CCCCc2ccccc21. The molecule has 6 nitrogen and oxygen atoms in total. The maximum atomic E-state index is 12.8. The second-order valence-electron chi connectivity index (χ2n) is 6.46. The van der Waals surface area contributed by atoms with E-state index >= 15 is 0 Å². The van der Waals surface area contributed by atoms with Gasteiger partial charge in [0.1, 0.15) is 0 Å². The van der Waals surface area contributed by atoms with Gasteiger partial charge in [-0.2, -0.15) is 5.10 Å². The van der Waals surface area contributed by atoms with Crippen LogP contribution in [0.15, 0.2) is 61.2 Å². The highest BCUT2D eigenvalue weighted by Crippen LogP contribution is 2.26. The van der Waals surface area contributed by atoms with E-state index in [1.165, 1.54) is 5.56 Å². The molecular formula is C20H21N5O. The van der Waals surface area contributed by atoms with E-state index in [1.54, 1.807) is 17.1 Å². The Morgan fingerprint density at radius 1 is 1.12 bits per heavy atom. The summed E-state index contributed by atoms with van der Waals surface area (Å²) in [5, 5.41) is 7.30. The molecule has 132 valence electrons. The van der Waals surface area contributed by atoms with E-state index in [0.717, 1.165) is 37.1 Å². The number of amides is 2. The first-order valence-corrected chi connectivity index (χ1v) is 8.87. The van der Waals surface area contributed by atoms with Crippen LogP contribution in [0, 0.1) is 0 Å². The molecular weight excluding hydrogens is 326 g/mol. The molecule has 2 aromatic heterocycles. The van der Waals surface area contributed by atoms with Crippen LogP contribution < -0.4 is 10.2 Å². The fraction of sp³-hybridized carbons (Fsp3) is 0.250. The number of nitrogens with one attached hydrogen (secondary N) is 1. The fourth-order valence-corrected chi connectivity index (χ4v) is 3.29. The molecule has 0 unspecified atom stereocenters. The van der Waals surface area contributed by atoms with Crippen molar-refractivity contribution in [3.05, 3.63) is 72.3 Å². The predicted octanol–water partition coefficient (Wildman–Crippen LogP) is 3.70. The molecule has 6 heteroatoms. The van der Waals surface area contributed by atoms with Crippen molar-refractivity contribution in [2.45, 2.75) is 25.8 Å². The Morgan fingerprint density at radius 3 is 2.92 bits per heavy atom. The molecule has 1 aliphatic rings. The zero-order valence-electron chi connectivity index (χ0n) is 14.5. The summed E-state index contributed by atoms with van der Waals surface area (Å²) in [5.74, 6) is 0. The zero-order valence-corrected chi connectivity index (χ0v) is 14.5. The van der Waals surface area contributed by atoms with Crippen molar-refractivity contribution in [2.75, 3.05) is 16.8 Å². The molecule has 1 aromatic carbocycles. The number of aryl methyl sites for hydroxylation is 1. The van der Waals surface area contributed by atoms with Crippen LogP contribution >= 0.6 is 0 Å². The number of aromatic nitrogens is 3. The molecule has 0 radical (unpaired) electrons. The molecule has 0 aliphatic carbocycles. The Morgan fingerprint density at radius 2 is 2.04 bits per heavy atom. The third-order valence-electron chi connectivity index (χ3n) is 4.56. The number of carbonyl (C=O) groups excluding carboxylic acids is 1. The van der Waals surface area contributed by atoms with Crippen LogP contribution in [0.2, 0.25) is 0 Å². The Balaban J connectivity index is 1.47. The van der Waals surface area contributed by atoms with E-state index < -0.39 is 0 Å². The summed E-state index contributed by atoms with van der Waals surface area (Å²) in [6.45, 7) is 1.35. The van der Waals surface area contributed by atoms with Crippen LogP contribution in [-0.2, 0) is 13.0 Å². The minimum Gasteiger partial charge on any atom is -0.305 e. The van der Waals surface area contributed by atoms with Crippen LogP contribution in [0.3, 0.4) is 0 Å². The summed E-state index contributed by atoms with van der Waals surface area (Å²) in [4.78, 5) is 18.8. The predicted molar refractivity (Wildman–Crippen MR) is 101 cm³/mol. The van der Waals surface area contributed by atoms with Gasteiger partial charge in [0.15, 0.2) is 0 Å². The van der Waals surface area contributed by atoms with Crippen molar-refractivity contribution in [3.8, 4) is 0 Å². The topological polar surface area (TPSA) is 63.1 Å². The normalized spacial score (nSPS) is 13.8. The number of fused-ring (bicyclic) bond motifs is 1. The van der Waals surface area contributed by atoms with Crippen LogP contribution in [0.4, 0.5) is 16.2 Å². The number of para-hydroxylation sites is 1. The smallest absolute Gasteiger partial charge is 0.305 e. The third kappa shape index (κ3) is 3.59. The van der Waals surface area contributed by atoms with Gasteiger partial charge in [-0.15, -0.1) is 0 Å². The van der Waals surface area contributed by atoms with Crippen molar-refractivity contribution >= 4 is 17.4 Å². The summed E-state index contributed by atoms with van der Waals surface area (Å²) in [5.41, 5.74) is 3.99. The minimum absolute atomic E-state index is 0.111. The number of carbonyl (C=O) groups is 1. The number of benzene rings is 1. The number of hydrogen-bond donors (Lipinski definition) is 1. The van der Waals surface area contributed by atoms with Gasteiger partial charge in [-0.25, -0.2) is 4.79 Å². The number of nitrogens with zero attached hydrogens (tertiary/aromatic N) is 4. The van der Waals surface area contributed by atoms with Gasteiger partial charge < -0.3 is 5.32 Å². The van der Waals surface area contributed by atoms with Crippen molar-refractivity contribution in [2.24, 2.45) is 0 Å². The van der Waals surface area contributed by atoms with Crippen molar-refractivity contribution in [3.63, 3.8) is 0 Å². The van der Waals surface area contributed by atoms with Crippen molar-refractivity contribution < 1.29 is 4.79 Å². The van der Waals surface area contributed by atoms with Gasteiger partial charge in [0.05, 0.1) is 18.4 Å². The average molecular weight is 347 g/mol. The summed E-state index contributed by atoms with van der Waals surface area (Å²) >= 11 is 0. The van der Waals surface area contributed by atoms with Gasteiger partial charge in [-0.05, 0) is 42.5 Å². The first-order chi connectivity index (χ1) is 12.8. The second-order valence-corrected chi connectivity index (χ2v) is 6.46. The van der Waals surface area contributed by atoms with Crippen LogP contribution in [0.25, 0.3) is 0 Å². The van der Waals surface area contributed by atoms with E-state index in [1.807, 2.05) is 47.6 Å². The minimum atomic E-state index is -0.111. The Labute approximate surface area is 152 Å². The van der Waals surface area contributed by atoms with Crippen LogP contribution in [0.1, 0.15) is 24.0 Å². The maximum Gasteiger partial charge on any atom is 0.326 e. The Hall–Kier alpha value is -3.15. The van der Waals surface area contributed by atoms with Gasteiger partial charge in [0.2, 0.25) is 0 Å². The summed E-state index contributed by atoms with van der Waals surface area (Å²) in [6, 6.07) is 11.9. The highest BCUT2D eigenvalue weighted by atomic mass is 16.2. The molecule has 3 heterocycles. The number of pyridine rings is 1. The summed E-state index contributed by atoms with van der Waals surface area (Å²) in [6.07, 6.45) is 10.2. The lowest BCUT2D eigenvalue weighted by molar-refractivity contribution is 0.257. The van der Waals surface area contributed by atoms with E-state index in [4.69, 9.17) is 0 Å². The molecule has 0 saturated heterocycles.